The molecular formula is C30H39ClN8O. The summed E-state index contributed by atoms with van der Waals surface area (Å²) in [6.07, 6.45) is 5.64. The quantitative estimate of drug-likeness (QED) is 0.248. The number of nitrogens with zero attached hydrogens (tertiary/aromatic N) is 6. The smallest absolute Gasteiger partial charge is 0.166 e. The van der Waals surface area contributed by atoms with Crippen LogP contribution in [-0.4, -0.2) is 75.3 Å². The van der Waals surface area contributed by atoms with Crippen molar-refractivity contribution in [2.75, 3.05) is 51.2 Å². The predicted octanol–water partition coefficient (Wildman–Crippen LogP) is 5.03. The number of fused-ring (bicyclic) bond motifs is 1. The lowest BCUT2D eigenvalue weighted by atomic mass is 10.0. The number of ether oxygens (including phenoxy) is 1. The number of anilines is 1. The Labute approximate surface area is 241 Å². The first-order chi connectivity index (χ1) is 19.6. The van der Waals surface area contributed by atoms with E-state index in [-0.39, 0.29) is 0 Å². The molecule has 1 aliphatic heterocycles. The van der Waals surface area contributed by atoms with Crippen molar-refractivity contribution in [1.82, 2.24) is 34.7 Å². The standard InChI is InChI=1S/C30H39ClN8O/c1-4-22(5-2)18-34-28-27-30(36-20-35-28)39(19-23-16-21(3)8-9-33-23)29(37-27)25-7-6-24(17-26(25)31)40-15-14-38-12-10-32-11-13-38/h6-9,16-17,20,22,32H,4-5,10-15,18-19H2,1-3H3,(H,34,35,36). The molecular weight excluding hydrogens is 524 g/mol. The van der Waals surface area contributed by atoms with Crippen LogP contribution in [0.5, 0.6) is 5.75 Å². The van der Waals surface area contributed by atoms with Crippen LogP contribution in [0.4, 0.5) is 5.82 Å². The first-order valence-corrected chi connectivity index (χ1v) is 14.7. The van der Waals surface area contributed by atoms with Crippen LogP contribution < -0.4 is 15.4 Å². The number of pyridine rings is 1. The number of benzene rings is 1. The summed E-state index contributed by atoms with van der Waals surface area (Å²) in [6.45, 7) is 13.5. The number of aryl methyl sites for hydroxylation is 1. The van der Waals surface area contributed by atoms with E-state index in [1.54, 1.807) is 6.33 Å². The van der Waals surface area contributed by atoms with Crippen molar-refractivity contribution in [3.63, 3.8) is 0 Å². The number of rotatable bonds is 12. The van der Waals surface area contributed by atoms with Crippen molar-refractivity contribution in [3.05, 3.63) is 59.1 Å². The fraction of sp³-hybridized carbons (Fsp3) is 0.467. The van der Waals surface area contributed by atoms with Crippen molar-refractivity contribution in [2.45, 2.75) is 40.2 Å². The van der Waals surface area contributed by atoms with E-state index in [2.05, 4.69) is 61.9 Å². The Balaban J connectivity index is 1.45. The minimum atomic E-state index is 0.510. The Bertz CT molecular complexity index is 1410. The predicted molar refractivity (Wildman–Crippen MR) is 161 cm³/mol. The Kier molecular flexibility index (Phi) is 9.46. The molecule has 0 aliphatic carbocycles. The van der Waals surface area contributed by atoms with E-state index < -0.39 is 0 Å². The molecule has 0 saturated carbocycles. The minimum absolute atomic E-state index is 0.510. The molecule has 10 heteroatoms. The third-order valence-electron chi connectivity index (χ3n) is 7.60. The monoisotopic (exact) mass is 562 g/mol. The Morgan fingerprint density at radius 1 is 1.07 bits per heavy atom. The number of nitrogens with one attached hydrogen (secondary N) is 2. The maximum atomic E-state index is 6.88. The molecule has 0 atom stereocenters. The third kappa shape index (κ3) is 6.71. The normalized spacial score (nSPS) is 14.2. The van der Waals surface area contributed by atoms with Gasteiger partial charge >= 0.3 is 0 Å². The average molecular weight is 563 g/mol. The highest BCUT2D eigenvalue weighted by Gasteiger charge is 2.21. The highest BCUT2D eigenvalue weighted by Crippen LogP contribution is 2.34. The van der Waals surface area contributed by atoms with E-state index in [1.807, 2.05) is 30.5 Å². The summed E-state index contributed by atoms with van der Waals surface area (Å²) >= 11 is 6.88. The molecule has 0 radical (unpaired) electrons. The SMILES string of the molecule is CCC(CC)CNc1ncnc2c1nc(-c1ccc(OCCN3CCNCC3)cc1Cl)n2Cc1cc(C)ccn1. The highest BCUT2D eigenvalue weighted by molar-refractivity contribution is 6.33. The summed E-state index contributed by atoms with van der Waals surface area (Å²) < 4.78 is 8.13. The van der Waals surface area contributed by atoms with E-state index in [0.717, 1.165) is 97.5 Å². The van der Waals surface area contributed by atoms with Crippen molar-refractivity contribution in [3.8, 4) is 17.1 Å². The van der Waals surface area contributed by atoms with E-state index in [9.17, 15) is 0 Å². The van der Waals surface area contributed by atoms with Gasteiger partial charge in [-0.05, 0) is 48.7 Å². The van der Waals surface area contributed by atoms with Crippen molar-refractivity contribution >= 4 is 28.6 Å². The van der Waals surface area contributed by atoms with Gasteiger partial charge in [0.15, 0.2) is 17.0 Å². The molecule has 212 valence electrons. The Hall–Kier alpha value is -3.27. The first-order valence-electron chi connectivity index (χ1n) is 14.3. The van der Waals surface area contributed by atoms with Crippen LogP contribution >= 0.6 is 11.6 Å². The molecule has 1 aliphatic rings. The van der Waals surface area contributed by atoms with Gasteiger partial charge in [0.05, 0.1) is 17.3 Å². The lowest BCUT2D eigenvalue weighted by molar-refractivity contribution is 0.191. The molecule has 1 fully saturated rings. The van der Waals surface area contributed by atoms with Crippen LogP contribution in [0.2, 0.25) is 5.02 Å². The molecule has 0 unspecified atom stereocenters. The van der Waals surface area contributed by atoms with Crippen LogP contribution in [0.15, 0.2) is 42.9 Å². The van der Waals surface area contributed by atoms with Gasteiger partial charge in [0, 0.05) is 51.0 Å². The average Bonchev–Trinajstić information content (AvgIpc) is 3.33. The van der Waals surface area contributed by atoms with Gasteiger partial charge in [0.25, 0.3) is 0 Å². The molecule has 1 aromatic carbocycles. The molecule has 3 aromatic heterocycles. The molecule has 0 amide bonds. The van der Waals surface area contributed by atoms with Crippen LogP contribution in [-0.2, 0) is 6.54 Å². The Morgan fingerprint density at radius 3 is 2.65 bits per heavy atom. The zero-order valence-electron chi connectivity index (χ0n) is 23.7. The fourth-order valence-electron chi connectivity index (χ4n) is 5.08. The highest BCUT2D eigenvalue weighted by atomic mass is 35.5. The fourth-order valence-corrected chi connectivity index (χ4v) is 5.34. The first kappa shape index (κ1) is 28.3. The largest absolute Gasteiger partial charge is 0.492 e. The van der Waals surface area contributed by atoms with Gasteiger partial charge in [-0.2, -0.15) is 0 Å². The van der Waals surface area contributed by atoms with E-state index in [1.165, 1.54) is 0 Å². The maximum absolute atomic E-state index is 6.88. The van der Waals surface area contributed by atoms with Crippen molar-refractivity contribution in [1.29, 1.82) is 0 Å². The molecule has 9 nitrogen and oxygen atoms in total. The lowest BCUT2D eigenvalue weighted by Crippen LogP contribution is -2.44. The summed E-state index contributed by atoms with van der Waals surface area (Å²) in [5.41, 5.74) is 4.36. The number of hydrogen-bond donors (Lipinski definition) is 2. The van der Waals surface area contributed by atoms with Gasteiger partial charge < -0.3 is 19.9 Å². The number of halogens is 1. The van der Waals surface area contributed by atoms with Gasteiger partial charge in [-0.25, -0.2) is 15.0 Å². The maximum Gasteiger partial charge on any atom is 0.166 e. The second-order valence-electron chi connectivity index (χ2n) is 10.4. The summed E-state index contributed by atoms with van der Waals surface area (Å²) in [5, 5.41) is 7.48. The van der Waals surface area contributed by atoms with Crippen molar-refractivity contribution < 1.29 is 4.74 Å². The van der Waals surface area contributed by atoms with Gasteiger partial charge in [-0.1, -0.05) is 38.3 Å². The summed E-state index contributed by atoms with van der Waals surface area (Å²) in [6, 6.07) is 9.90. The van der Waals surface area contributed by atoms with Crippen LogP contribution in [0.1, 0.15) is 37.9 Å². The zero-order chi connectivity index (χ0) is 27.9. The second-order valence-corrected chi connectivity index (χ2v) is 10.8. The second kappa shape index (κ2) is 13.4. The molecule has 40 heavy (non-hydrogen) atoms. The number of hydrogen-bond acceptors (Lipinski definition) is 8. The van der Waals surface area contributed by atoms with Gasteiger partial charge in [-0.3, -0.25) is 9.88 Å². The van der Waals surface area contributed by atoms with E-state index >= 15 is 0 Å². The molecule has 4 aromatic rings. The Morgan fingerprint density at radius 2 is 1.90 bits per heavy atom. The summed E-state index contributed by atoms with van der Waals surface area (Å²) in [4.78, 5) is 21.3. The summed E-state index contributed by atoms with van der Waals surface area (Å²) in [5.74, 6) is 2.77. The molecule has 1 saturated heterocycles. The van der Waals surface area contributed by atoms with Gasteiger partial charge in [-0.15, -0.1) is 0 Å². The van der Waals surface area contributed by atoms with Gasteiger partial charge in [0.1, 0.15) is 24.5 Å². The third-order valence-corrected chi connectivity index (χ3v) is 7.92. The minimum Gasteiger partial charge on any atom is -0.492 e. The van der Waals surface area contributed by atoms with Crippen LogP contribution in [0.25, 0.3) is 22.6 Å². The van der Waals surface area contributed by atoms with Crippen LogP contribution in [0, 0.1) is 12.8 Å². The number of imidazole rings is 1. The molecule has 2 N–H and O–H groups in total. The van der Waals surface area contributed by atoms with Crippen LogP contribution in [0.3, 0.4) is 0 Å². The molecule has 4 heterocycles. The number of aromatic nitrogens is 5. The molecule has 0 bridgehead atoms. The van der Waals surface area contributed by atoms with E-state index in [0.29, 0.717) is 24.1 Å². The lowest BCUT2D eigenvalue weighted by Gasteiger charge is -2.26. The van der Waals surface area contributed by atoms with Crippen molar-refractivity contribution in [2.24, 2.45) is 5.92 Å². The summed E-state index contributed by atoms with van der Waals surface area (Å²) in [7, 11) is 0. The number of piperazine rings is 1. The van der Waals surface area contributed by atoms with E-state index in [4.69, 9.17) is 21.3 Å². The molecule has 0 spiro atoms. The molecule has 5 rings (SSSR count). The zero-order valence-corrected chi connectivity index (χ0v) is 24.4. The van der Waals surface area contributed by atoms with Gasteiger partial charge in [0.2, 0.25) is 0 Å². The topological polar surface area (TPSA) is 93.0 Å².